The van der Waals surface area contributed by atoms with Crippen LogP contribution in [0.4, 0.5) is 0 Å². The fraction of sp³-hybridized carbons (Fsp3) is 0.409. The van der Waals surface area contributed by atoms with Crippen LogP contribution in [-0.4, -0.2) is 24.8 Å². The molecule has 0 N–H and O–H groups in total. The molecule has 0 saturated carbocycles. The van der Waals surface area contributed by atoms with Crippen molar-refractivity contribution >= 4 is 5.97 Å². The molecule has 0 saturated heterocycles. The summed E-state index contributed by atoms with van der Waals surface area (Å²) in [6.45, 7) is 6.90. The van der Waals surface area contributed by atoms with Gasteiger partial charge in [-0.15, -0.1) is 0 Å². The Kier molecular flexibility index (Phi) is 8.16. The van der Waals surface area contributed by atoms with Crippen molar-refractivity contribution in [2.75, 3.05) is 6.61 Å². The van der Waals surface area contributed by atoms with Crippen molar-refractivity contribution in [3.05, 3.63) is 65.7 Å². The standard InChI is InChI=1S/C22H28O4/c1-4-8-17(2)24-15-18(3)26-22(23)20-11-13-21(14-12-20)25-16-19-9-6-5-7-10-19/h5-7,9-14,17-18H,4,8,15-16H2,1-3H3/t17-,18+/m0/s1. The zero-order valence-corrected chi connectivity index (χ0v) is 15.8. The van der Waals surface area contributed by atoms with Crippen LogP contribution in [0.5, 0.6) is 5.75 Å². The zero-order valence-electron chi connectivity index (χ0n) is 15.8. The first kappa shape index (κ1) is 20.0. The number of carbonyl (C=O) groups excluding carboxylic acids is 1. The molecule has 4 heteroatoms. The van der Waals surface area contributed by atoms with Gasteiger partial charge in [-0.2, -0.15) is 0 Å². The molecule has 0 amide bonds. The Labute approximate surface area is 156 Å². The number of hydrogen-bond acceptors (Lipinski definition) is 4. The summed E-state index contributed by atoms with van der Waals surface area (Å²) in [5.74, 6) is 0.369. The molecular formula is C22H28O4. The number of benzene rings is 2. The molecule has 0 unspecified atom stereocenters. The predicted octanol–water partition coefficient (Wildman–Crippen LogP) is 5.02. The first-order valence-corrected chi connectivity index (χ1v) is 9.18. The monoisotopic (exact) mass is 356 g/mol. The topological polar surface area (TPSA) is 44.8 Å². The Bertz CT molecular complexity index is 652. The molecule has 0 aliphatic carbocycles. The molecule has 0 heterocycles. The lowest BCUT2D eigenvalue weighted by Crippen LogP contribution is -2.23. The maximum atomic E-state index is 12.2. The van der Waals surface area contributed by atoms with Crippen molar-refractivity contribution in [2.45, 2.75) is 52.4 Å². The first-order chi connectivity index (χ1) is 12.6. The predicted molar refractivity (Wildman–Crippen MR) is 102 cm³/mol. The molecule has 2 aromatic carbocycles. The van der Waals surface area contributed by atoms with Crippen LogP contribution < -0.4 is 4.74 Å². The Morgan fingerprint density at radius 3 is 2.31 bits per heavy atom. The molecule has 0 bridgehead atoms. The minimum Gasteiger partial charge on any atom is -0.489 e. The van der Waals surface area contributed by atoms with Crippen molar-refractivity contribution in [2.24, 2.45) is 0 Å². The lowest BCUT2D eigenvalue weighted by Gasteiger charge is -2.17. The molecule has 140 valence electrons. The summed E-state index contributed by atoms with van der Waals surface area (Å²) < 4.78 is 16.8. The van der Waals surface area contributed by atoms with E-state index in [0.29, 0.717) is 18.8 Å². The largest absolute Gasteiger partial charge is 0.489 e. The highest BCUT2D eigenvalue weighted by molar-refractivity contribution is 5.89. The number of ether oxygens (including phenoxy) is 3. The van der Waals surface area contributed by atoms with Crippen molar-refractivity contribution in [1.29, 1.82) is 0 Å². The van der Waals surface area contributed by atoms with Gasteiger partial charge < -0.3 is 14.2 Å². The van der Waals surface area contributed by atoms with Gasteiger partial charge in [0.15, 0.2) is 0 Å². The summed E-state index contributed by atoms with van der Waals surface area (Å²) in [5.41, 5.74) is 1.60. The highest BCUT2D eigenvalue weighted by Crippen LogP contribution is 2.15. The van der Waals surface area contributed by atoms with Crippen LogP contribution in [0.3, 0.4) is 0 Å². The van der Waals surface area contributed by atoms with E-state index in [4.69, 9.17) is 14.2 Å². The van der Waals surface area contributed by atoms with E-state index in [2.05, 4.69) is 6.92 Å². The number of rotatable bonds is 10. The second-order valence-electron chi connectivity index (χ2n) is 6.45. The van der Waals surface area contributed by atoms with Gasteiger partial charge in [0, 0.05) is 0 Å². The van der Waals surface area contributed by atoms with Gasteiger partial charge in [0.25, 0.3) is 0 Å². The minimum absolute atomic E-state index is 0.183. The Morgan fingerprint density at radius 2 is 1.65 bits per heavy atom. The third kappa shape index (κ3) is 6.89. The molecule has 0 aliphatic rings. The normalized spacial score (nSPS) is 13.0. The number of esters is 1. The van der Waals surface area contributed by atoms with Crippen molar-refractivity contribution in [3.8, 4) is 5.75 Å². The second kappa shape index (κ2) is 10.6. The first-order valence-electron chi connectivity index (χ1n) is 9.18. The Morgan fingerprint density at radius 1 is 0.962 bits per heavy atom. The average Bonchev–Trinajstić information content (AvgIpc) is 2.66. The summed E-state index contributed by atoms with van der Waals surface area (Å²) in [7, 11) is 0. The van der Waals surface area contributed by atoms with E-state index < -0.39 is 0 Å². The number of carbonyl (C=O) groups is 1. The second-order valence-corrected chi connectivity index (χ2v) is 6.45. The summed E-state index contributed by atoms with van der Waals surface area (Å²) in [6, 6.07) is 16.9. The molecule has 2 rings (SSSR count). The van der Waals surface area contributed by atoms with E-state index in [1.54, 1.807) is 24.3 Å². The van der Waals surface area contributed by atoms with Gasteiger partial charge in [-0.3, -0.25) is 0 Å². The van der Waals surface area contributed by atoms with Crippen LogP contribution in [0.2, 0.25) is 0 Å². The highest BCUT2D eigenvalue weighted by Gasteiger charge is 2.13. The third-order valence-corrected chi connectivity index (χ3v) is 3.96. The van der Waals surface area contributed by atoms with Gasteiger partial charge in [0.2, 0.25) is 0 Å². The maximum Gasteiger partial charge on any atom is 0.338 e. The van der Waals surface area contributed by atoms with Crippen LogP contribution in [0.25, 0.3) is 0 Å². The molecule has 2 aromatic rings. The van der Waals surface area contributed by atoms with Crippen molar-refractivity contribution in [1.82, 2.24) is 0 Å². The lowest BCUT2D eigenvalue weighted by atomic mass is 10.2. The molecule has 26 heavy (non-hydrogen) atoms. The Hall–Kier alpha value is -2.33. The third-order valence-electron chi connectivity index (χ3n) is 3.96. The van der Waals surface area contributed by atoms with Crippen LogP contribution in [0.15, 0.2) is 54.6 Å². The Balaban J connectivity index is 1.78. The van der Waals surface area contributed by atoms with Crippen LogP contribution in [-0.2, 0) is 16.1 Å². The average molecular weight is 356 g/mol. The maximum absolute atomic E-state index is 12.2. The van der Waals surface area contributed by atoms with E-state index in [1.807, 2.05) is 44.2 Å². The number of hydrogen-bond donors (Lipinski definition) is 0. The molecule has 0 spiro atoms. The van der Waals surface area contributed by atoms with E-state index in [1.165, 1.54) is 0 Å². The summed E-state index contributed by atoms with van der Waals surface area (Å²) in [5, 5.41) is 0. The van der Waals surface area contributed by atoms with Gasteiger partial charge in [0.1, 0.15) is 18.5 Å². The zero-order chi connectivity index (χ0) is 18.8. The molecule has 4 nitrogen and oxygen atoms in total. The fourth-order valence-electron chi connectivity index (χ4n) is 2.50. The minimum atomic E-state index is -0.348. The van der Waals surface area contributed by atoms with Crippen molar-refractivity contribution < 1.29 is 19.0 Å². The smallest absolute Gasteiger partial charge is 0.338 e. The molecule has 0 fully saturated rings. The molecule has 0 radical (unpaired) electrons. The van der Waals surface area contributed by atoms with Crippen LogP contribution >= 0.6 is 0 Å². The van der Waals surface area contributed by atoms with Gasteiger partial charge in [0.05, 0.1) is 18.3 Å². The van der Waals surface area contributed by atoms with E-state index in [0.717, 1.165) is 24.2 Å². The van der Waals surface area contributed by atoms with Gasteiger partial charge in [-0.25, -0.2) is 4.79 Å². The van der Waals surface area contributed by atoms with E-state index in [9.17, 15) is 4.79 Å². The van der Waals surface area contributed by atoms with Crippen LogP contribution in [0, 0.1) is 0 Å². The quantitative estimate of drug-likeness (QED) is 0.561. The van der Waals surface area contributed by atoms with Gasteiger partial charge >= 0.3 is 5.97 Å². The fourth-order valence-corrected chi connectivity index (χ4v) is 2.50. The summed E-state index contributed by atoms with van der Waals surface area (Å²) in [4.78, 5) is 12.2. The summed E-state index contributed by atoms with van der Waals surface area (Å²) in [6.07, 6.45) is 1.98. The van der Waals surface area contributed by atoms with E-state index >= 15 is 0 Å². The van der Waals surface area contributed by atoms with Gasteiger partial charge in [-0.1, -0.05) is 43.7 Å². The van der Waals surface area contributed by atoms with Crippen molar-refractivity contribution in [3.63, 3.8) is 0 Å². The van der Waals surface area contributed by atoms with Gasteiger partial charge in [-0.05, 0) is 50.1 Å². The molecule has 2 atom stereocenters. The van der Waals surface area contributed by atoms with Crippen LogP contribution in [0.1, 0.15) is 49.5 Å². The summed E-state index contributed by atoms with van der Waals surface area (Å²) >= 11 is 0. The SMILES string of the molecule is CCC[C@H](C)OC[C@@H](C)OC(=O)c1ccc(OCc2ccccc2)cc1. The highest BCUT2D eigenvalue weighted by atomic mass is 16.6. The van der Waals surface area contributed by atoms with E-state index in [-0.39, 0.29) is 18.2 Å². The molecule has 0 aliphatic heterocycles. The molecular weight excluding hydrogens is 328 g/mol. The lowest BCUT2D eigenvalue weighted by molar-refractivity contribution is -0.0199. The molecule has 0 aromatic heterocycles.